The van der Waals surface area contributed by atoms with Crippen LogP contribution in [0.15, 0.2) is 54.6 Å². The molecule has 3 rings (SSSR count). The quantitative estimate of drug-likeness (QED) is 0.882. The second-order valence-corrected chi connectivity index (χ2v) is 6.66. The third-order valence-electron chi connectivity index (χ3n) is 4.83. The van der Waals surface area contributed by atoms with E-state index < -0.39 is 0 Å². The van der Waals surface area contributed by atoms with Crippen molar-refractivity contribution in [1.82, 2.24) is 10.2 Å². The van der Waals surface area contributed by atoms with Crippen LogP contribution in [0.25, 0.3) is 0 Å². The number of amides is 2. The minimum Gasteiger partial charge on any atom is -0.338 e. The van der Waals surface area contributed by atoms with Gasteiger partial charge in [0.2, 0.25) is 0 Å². The molecule has 1 fully saturated rings. The number of urea groups is 1. The molecule has 0 radical (unpaired) electrons. The molecule has 0 saturated carbocycles. The zero-order valence-electron chi connectivity index (χ0n) is 14.5. The first-order chi connectivity index (χ1) is 12.2. The van der Waals surface area contributed by atoms with Crippen LogP contribution in [0.5, 0.6) is 0 Å². The summed E-state index contributed by atoms with van der Waals surface area (Å²) < 4.78 is 13.1. The summed E-state index contributed by atoms with van der Waals surface area (Å²) in [6, 6.07) is 16.9. The Kier molecular flexibility index (Phi) is 6.04. The van der Waals surface area contributed by atoms with Gasteiger partial charge in [0.25, 0.3) is 0 Å². The summed E-state index contributed by atoms with van der Waals surface area (Å²) in [6.07, 6.45) is 3.99. The lowest BCUT2D eigenvalue weighted by atomic mass is 9.94. The second kappa shape index (κ2) is 8.65. The standard InChI is InChI=1S/C21H25FN2O/c22-20-11-9-18(10-12-20)19-8-4-5-15-24(16-19)21(25)23-14-13-17-6-2-1-3-7-17/h1-3,6-7,9-12,19H,4-5,8,13-16H2,(H,23,25)/t19-/m1/s1. The predicted molar refractivity (Wildman–Crippen MR) is 98.1 cm³/mol. The Morgan fingerprint density at radius 1 is 1.08 bits per heavy atom. The van der Waals surface area contributed by atoms with Gasteiger partial charge in [-0.05, 0) is 42.5 Å². The summed E-state index contributed by atoms with van der Waals surface area (Å²) in [5.74, 6) is 0.0656. The molecular formula is C21H25FN2O. The van der Waals surface area contributed by atoms with Crippen LogP contribution >= 0.6 is 0 Å². The number of hydrogen-bond donors (Lipinski definition) is 1. The normalized spacial score (nSPS) is 17.8. The van der Waals surface area contributed by atoms with Crippen molar-refractivity contribution in [3.05, 3.63) is 71.5 Å². The fourth-order valence-electron chi connectivity index (χ4n) is 3.40. The smallest absolute Gasteiger partial charge is 0.317 e. The van der Waals surface area contributed by atoms with Crippen LogP contribution in [0.1, 0.15) is 36.3 Å². The number of hydrogen-bond acceptors (Lipinski definition) is 1. The highest BCUT2D eigenvalue weighted by Gasteiger charge is 2.23. The van der Waals surface area contributed by atoms with Gasteiger partial charge < -0.3 is 10.2 Å². The van der Waals surface area contributed by atoms with E-state index in [9.17, 15) is 9.18 Å². The van der Waals surface area contributed by atoms with Crippen LogP contribution in [0.2, 0.25) is 0 Å². The van der Waals surface area contributed by atoms with Gasteiger partial charge in [-0.3, -0.25) is 0 Å². The molecule has 2 aromatic carbocycles. The molecule has 2 aromatic rings. The average molecular weight is 340 g/mol. The Morgan fingerprint density at radius 2 is 1.84 bits per heavy atom. The van der Waals surface area contributed by atoms with Crippen molar-refractivity contribution < 1.29 is 9.18 Å². The van der Waals surface area contributed by atoms with Crippen LogP contribution < -0.4 is 5.32 Å². The van der Waals surface area contributed by atoms with Gasteiger partial charge in [-0.15, -0.1) is 0 Å². The van der Waals surface area contributed by atoms with Crippen molar-refractivity contribution in [2.24, 2.45) is 0 Å². The molecule has 3 nitrogen and oxygen atoms in total. The number of nitrogens with zero attached hydrogens (tertiary/aromatic N) is 1. The molecule has 0 spiro atoms. The molecule has 25 heavy (non-hydrogen) atoms. The van der Waals surface area contributed by atoms with E-state index in [0.29, 0.717) is 13.1 Å². The van der Waals surface area contributed by atoms with Gasteiger partial charge >= 0.3 is 6.03 Å². The highest BCUT2D eigenvalue weighted by Crippen LogP contribution is 2.26. The minimum absolute atomic E-state index is 0.00458. The maximum Gasteiger partial charge on any atom is 0.317 e. The maximum atomic E-state index is 13.1. The lowest BCUT2D eigenvalue weighted by Gasteiger charge is -2.25. The fourth-order valence-corrected chi connectivity index (χ4v) is 3.40. The molecule has 4 heteroatoms. The first-order valence-electron chi connectivity index (χ1n) is 9.04. The zero-order chi connectivity index (χ0) is 17.5. The summed E-state index contributed by atoms with van der Waals surface area (Å²) >= 11 is 0. The molecule has 0 aromatic heterocycles. The number of benzene rings is 2. The van der Waals surface area contributed by atoms with Gasteiger partial charge in [0.15, 0.2) is 0 Å². The topological polar surface area (TPSA) is 32.3 Å². The average Bonchev–Trinajstić information content (AvgIpc) is 2.89. The van der Waals surface area contributed by atoms with E-state index in [-0.39, 0.29) is 17.8 Å². The molecule has 1 aliphatic heterocycles. The summed E-state index contributed by atoms with van der Waals surface area (Å²) in [6.45, 7) is 2.12. The van der Waals surface area contributed by atoms with E-state index in [0.717, 1.165) is 37.8 Å². The third-order valence-corrected chi connectivity index (χ3v) is 4.83. The van der Waals surface area contributed by atoms with Crippen molar-refractivity contribution >= 4 is 6.03 Å². The molecule has 1 heterocycles. The lowest BCUT2D eigenvalue weighted by molar-refractivity contribution is 0.197. The van der Waals surface area contributed by atoms with Crippen LogP contribution in [-0.4, -0.2) is 30.6 Å². The van der Waals surface area contributed by atoms with Crippen molar-refractivity contribution in [2.45, 2.75) is 31.6 Å². The van der Waals surface area contributed by atoms with Gasteiger partial charge in [-0.1, -0.05) is 48.9 Å². The van der Waals surface area contributed by atoms with E-state index in [1.54, 1.807) is 0 Å². The zero-order valence-corrected chi connectivity index (χ0v) is 14.5. The largest absolute Gasteiger partial charge is 0.338 e. The summed E-state index contributed by atoms with van der Waals surface area (Å²) in [5.41, 5.74) is 2.34. The maximum absolute atomic E-state index is 13.1. The van der Waals surface area contributed by atoms with Crippen molar-refractivity contribution in [2.75, 3.05) is 19.6 Å². The molecule has 0 unspecified atom stereocenters. The van der Waals surface area contributed by atoms with Crippen LogP contribution in [0.3, 0.4) is 0 Å². The second-order valence-electron chi connectivity index (χ2n) is 6.66. The van der Waals surface area contributed by atoms with Crippen molar-refractivity contribution in [1.29, 1.82) is 0 Å². The van der Waals surface area contributed by atoms with E-state index >= 15 is 0 Å². The Morgan fingerprint density at radius 3 is 2.60 bits per heavy atom. The van der Waals surface area contributed by atoms with Gasteiger partial charge in [0.1, 0.15) is 5.82 Å². The highest BCUT2D eigenvalue weighted by atomic mass is 19.1. The summed E-state index contributed by atoms with van der Waals surface area (Å²) in [4.78, 5) is 14.4. The molecule has 0 bridgehead atoms. The van der Waals surface area contributed by atoms with Crippen LogP contribution in [-0.2, 0) is 6.42 Å². The summed E-state index contributed by atoms with van der Waals surface area (Å²) in [5, 5.41) is 3.04. The monoisotopic (exact) mass is 340 g/mol. The number of carbonyl (C=O) groups is 1. The Bertz CT molecular complexity index is 672. The Balaban J connectivity index is 1.54. The Labute approximate surface area is 148 Å². The summed E-state index contributed by atoms with van der Waals surface area (Å²) in [7, 11) is 0. The molecule has 2 amide bonds. The minimum atomic E-state index is -0.215. The molecule has 1 atom stereocenters. The Hall–Kier alpha value is -2.36. The molecule has 1 saturated heterocycles. The van der Waals surface area contributed by atoms with Crippen molar-refractivity contribution in [3.8, 4) is 0 Å². The number of halogens is 1. The SMILES string of the molecule is O=C(NCCc1ccccc1)N1CCCC[C@@H](c2ccc(F)cc2)C1. The first-order valence-corrected chi connectivity index (χ1v) is 9.04. The van der Waals surface area contributed by atoms with E-state index in [2.05, 4.69) is 17.4 Å². The van der Waals surface area contributed by atoms with Gasteiger partial charge in [0.05, 0.1) is 0 Å². The number of carbonyl (C=O) groups excluding carboxylic acids is 1. The lowest BCUT2D eigenvalue weighted by Crippen LogP contribution is -2.42. The molecule has 132 valence electrons. The molecule has 0 aliphatic carbocycles. The van der Waals surface area contributed by atoms with E-state index in [4.69, 9.17) is 0 Å². The first kappa shape index (κ1) is 17.5. The van der Waals surface area contributed by atoms with Crippen LogP contribution in [0.4, 0.5) is 9.18 Å². The molecule has 1 aliphatic rings. The predicted octanol–water partition coefficient (Wildman–Crippen LogP) is 4.35. The van der Waals surface area contributed by atoms with Gasteiger partial charge in [-0.25, -0.2) is 9.18 Å². The van der Waals surface area contributed by atoms with E-state index in [1.807, 2.05) is 35.2 Å². The fraction of sp³-hybridized carbons (Fsp3) is 0.381. The van der Waals surface area contributed by atoms with Gasteiger partial charge in [0, 0.05) is 25.6 Å². The highest BCUT2D eigenvalue weighted by molar-refractivity contribution is 5.74. The number of rotatable bonds is 4. The third kappa shape index (κ3) is 5.05. The molecule has 1 N–H and O–H groups in total. The number of likely N-dealkylation sites (tertiary alicyclic amines) is 1. The van der Waals surface area contributed by atoms with Gasteiger partial charge in [-0.2, -0.15) is 0 Å². The molecular weight excluding hydrogens is 315 g/mol. The van der Waals surface area contributed by atoms with E-state index in [1.165, 1.54) is 17.7 Å². The number of nitrogens with one attached hydrogen (secondary N) is 1. The van der Waals surface area contributed by atoms with Crippen molar-refractivity contribution in [3.63, 3.8) is 0 Å². The van der Waals surface area contributed by atoms with Crippen LogP contribution in [0, 0.1) is 5.82 Å².